The molecule has 0 saturated heterocycles. The van der Waals surface area contributed by atoms with E-state index < -0.39 is 0 Å². The fraction of sp³-hybridized carbons (Fsp3) is 0. The molecule has 3 heteroatoms. The van der Waals surface area contributed by atoms with E-state index in [9.17, 15) is 15.3 Å². The van der Waals surface area contributed by atoms with Crippen molar-refractivity contribution in [1.82, 2.24) is 0 Å². The third kappa shape index (κ3) is 2.67. The van der Waals surface area contributed by atoms with E-state index in [0.717, 1.165) is 16.7 Å². The van der Waals surface area contributed by atoms with E-state index in [4.69, 9.17) is 0 Å². The van der Waals surface area contributed by atoms with Crippen molar-refractivity contribution in [3.8, 4) is 39.5 Å². The molecule has 0 aliphatic carbocycles. The summed E-state index contributed by atoms with van der Waals surface area (Å²) in [6, 6.07) is 19.3. The Morgan fingerprint density at radius 1 is 0.476 bits per heavy atom. The maximum Gasteiger partial charge on any atom is 0.127 e. The lowest BCUT2D eigenvalue weighted by atomic mass is 9.99. The molecule has 0 bridgehead atoms. The molecule has 0 unspecified atom stereocenters. The second-order valence-corrected chi connectivity index (χ2v) is 4.83. The van der Waals surface area contributed by atoms with Crippen LogP contribution in [0.5, 0.6) is 17.2 Å². The molecule has 0 aromatic heterocycles. The summed E-state index contributed by atoms with van der Waals surface area (Å²) in [5.41, 5.74) is 3.58. The van der Waals surface area contributed by atoms with Gasteiger partial charge >= 0.3 is 0 Å². The van der Waals surface area contributed by atoms with Crippen LogP contribution in [0.2, 0.25) is 0 Å². The molecule has 21 heavy (non-hydrogen) atoms. The smallest absolute Gasteiger partial charge is 0.127 e. The Morgan fingerprint density at radius 2 is 0.952 bits per heavy atom. The summed E-state index contributed by atoms with van der Waals surface area (Å²) in [4.78, 5) is 0. The molecule has 104 valence electrons. The van der Waals surface area contributed by atoms with Crippen LogP contribution >= 0.6 is 0 Å². The van der Waals surface area contributed by atoms with Gasteiger partial charge in [-0.15, -0.1) is 0 Å². The third-order valence-electron chi connectivity index (χ3n) is 3.38. The average molecular weight is 278 g/mol. The minimum absolute atomic E-state index is 0.0389. The molecule has 0 saturated carbocycles. The van der Waals surface area contributed by atoms with Crippen LogP contribution in [0.3, 0.4) is 0 Å². The molecule has 3 rings (SSSR count). The lowest BCUT2D eigenvalue weighted by Crippen LogP contribution is -1.81. The van der Waals surface area contributed by atoms with Crippen LogP contribution < -0.4 is 0 Å². The van der Waals surface area contributed by atoms with E-state index in [1.54, 1.807) is 24.3 Å². The van der Waals surface area contributed by atoms with Crippen molar-refractivity contribution in [3.63, 3.8) is 0 Å². The highest BCUT2D eigenvalue weighted by Crippen LogP contribution is 2.33. The van der Waals surface area contributed by atoms with Gasteiger partial charge in [0.1, 0.15) is 17.2 Å². The second-order valence-electron chi connectivity index (χ2n) is 4.83. The van der Waals surface area contributed by atoms with Gasteiger partial charge in [0.25, 0.3) is 0 Å². The zero-order valence-electron chi connectivity index (χ0n) is 11.2. The van der Waals surface area contributed by atoms with E-state index in [2.05, 4.69) is 0 Å². The lowest BCUT2D eigenvalue weighted by molar-refractivity contribution is 0.452. The molecule has 3 aromatic rings. The van der Waals surface area contributed by atoms with Crippen molar-refractivity contribution < 1.29 is 15.3 Å². The number of benzene rings is 3. The van der Waals surface area contributed by atoms with Gasteiger partial charge in [-0.25, -0.2) is 0 Å². The minimum atomic E-state index is 0.0389. The van der Waals surface area contributed by atoms with Gasteiger partial charge in [-0.3, -0.25) is 0 Å². The van der Waals surface area contributed by atoms with Crippen LogP contribution in [0.25, 0.3) is 22.3 Å². The summed E-state index contributed by atoms with van der Waals surface area (Å²) >= 11 is 0. The first-order valence-electron chi connectivity index (χ1n) is 6.55. The van der Waals surface area contributed by atoms with Crippen molar-refractivity contribution >= 4 is 0 Å². The number of hydrogen-bond donors (Lipinski definition) is 3. The molecule has 0 fully saturated rings. The first-order chi connectivity index (χ1) is 10.1. The summed E-state index contributed by atoms with van der Waals surface area (Å²) < 4.78 is 0. The lowest BCUT2D eigenvalue weighted by Gasteiger charge is -2.07. The first kappa shape index (κ1) is 13.1. The number of phenolic OH excluding ortho intramolecular Hbond substituents is 3. The van der Waals surface area contributed by atoms with Gasteiger partial charge in [0.05, 0.1) is 0 Å². The Hall–Kier alpha value is -2.94. The number of rotatable bonds is 2. The van der Waals surface area contributed by atoms with Gasteiger partial charge in [-0.1, -0.05) is 36.4 Å². The fourth-order valence-electron chi connectivity index (χ4n) is 2.26. The highest BCUT2D eigenvalue weighted by atomic mass is 16.3. The molecule has 0 spiro atoms. The predicted octanol–water partition coefficient (Wildman–Crippen LogP) is 4.14. The van der Waals surface area contributed by atoms with Crippen LogP contribution in [0.15, 0.2) is 66.7 Å². The van der Waals surface area contributed by atoms with Gasteiger partial charge < -0.3 is 15.3 Å². The summed E-state index contributed by atoms with van der Waals surface area (Å²) in [5.74, 6) is 0.328. The highest BCUT2D eigenvalue weighted by molar-refractivity contribution is 5.74. The third-order valence-corrected chi connectivity index (χ3v) is 3.38. The normalized spacial score (nSPS) is 10.5. The predicted molar refractivity (Wildman–Crippen MR) is 82.3 cm³/mol. The van der Waals surface area contributed by atoms with E-state index in [1.807, 2.05) is 36.4 Å². The maximum atomic E-state index is 9.87. The van der Waals surface area contributed by atoms with Gasteiger partial charge in [0, 0.05) is 11.6 Å². The summed E-state index contributed by atoms with van der Waals surface area (Å²) in [6.07, 6.45) is 0. The van der Waals surface area contributed by atoms with E-state index in [0.29, 0.717) is 5.56 Å². The molecule has 0 atom stereocenters. The molecular weight excluding hydrogens is 264 g/mol. The molecule has 0 heterocycles. The summed E-state index contributed by atoms with van der Waals surface area (Å²) in [7, 11) is 0. The molecule has 0 aliphatic heterocycles. The van der Waals surface area contributed by atoms with Crippen LogP contribution in [-0.4, -0.2) is 15.3 Å². The summed E-state index contributed by atoms with van der Waals surface area (Å²) in [5, 5.41) is 28.5. The number of hydrogen-bond acceptors (Lipinski definition) is 3. The Morgan fingerprint density at radius 3 is 1.52 bits per heavy atom. The Kier molecular flexibility index (Phi) is 3.24. The van der Waals surface area contributed by atoms with Crippen molar-refractivity contribution in [2.24, 2.45) is 0 Å². The molecule has 3 N–H and O–H groups in total. The van der Waals surface area contributed by atoms with Crippen LogP contribution in [-0.2, 0) is 0 Å². The molecule has 3 nitrogen and oxygen atoms in total. The highest BCUT2D eigenvalue weighted by Gasteiger charge is 2.06. The average Bonchev–Trinajstić information content (AvgIpc) is 2.48. The van der Waals surface area contributed by atoms with Gasteiger partial charge in [-0.05, 0) is 41.0 Å². The quantitative estimate of drug-likeness (QED) is 0.660. The largest absolute Gasteiger partial charge is 0.508 e. The zero-order valence-corrected chi connectivity index (χ0v) is 11.2. The maximum absolute atomic E-state index is 9.87. The van der Waals surface area contributed by atoms with Crippen molar-refractivity contribution in [3.05, 3.63) is 66.7 Å². The SMILES string of the molecule is Oc1ccc(-c2ccc(-c3ccc(O)cc3O)cc2)cc1. The number of phenols is 3. The monoisotopic (exact) mass is 278 g/mol. The van der Waals surface area contributed by atoms with Crippen molar-refractivity contribution in [2.75, 3.05) is 0 Å². The molecule has 3 aromatic carbocycles. The Bertz CT molecular complexity index is 759. The van der Waals surface area contributed by atoms with Gasteiger partial charge in [0.2, 0.25) is 0 Å². The first-order valence-corrected chi connectivity index (χ1v) is 6.55. The molecule has 0 amide bonds. The van der Waals surface area contributed by atoms with E-state index in [-0.39, 0.29) is 17.2 Å². The van der Waals surface area contributed by atoms with E-state index >= 15 is 0 Å². The van der Waals surface area contributed by atoms with E-state index in [1.165, 1.54) is 6.07 Å². The Labute approximate surface area is 122 Å². The van der Waals surface area contributed by atoms with Gasteiger partial charge in [-0.2, -0.15) is 0 Å². The molecule has 0 aliphatic rings. The molecule has 0 radical (unpaired) electrons. The zero-order chi connectivity index (χ0) is 14.8. The van der Waals surface area contributed by atoms with Crippen LogP contribution in [0, 0.1) is 0 Å². The minimum Gasteiger partial charge on any atom is -0.508 e. The topological polar surface area (TPSA) is 60.7 Å². The number of aromatic hydroxyl groups is 3. The standard InChI is InChI=1S/C18H14O3/c19-15-7-5-13(6-8-15)12-1-3-14(4-2-12)17-10-9-16(20)11-18(17)21/h1-11,19-21H. The fourth-order valence-corrected chi connectivity index (χ4v) is 2.26. The second kappa shape index (κ2) is 5.21. The molecular formula is C18H14O3. The van der Waals surface area contributed by atoms with Gasteiger partial charge in [0.15, 0.2) is 0 Å². The van der Waals surface area contributed by atoms with Crippen molar-refractivity contribution in [2.45, 2.75) is 0 Å². The summed E-state index contributed by atoms with van der Waals surface area (Å²) in [6.45, 7) is 0. The van der Waals surface area contributed by atoms with Crippen LogP contribution in [0.4, 0.5) is 0 Å². The van der Waals surface area contributed by atoms with Crippen LogP contribution in [0.1, 0.15) is 0 Å². The Balaban J connectivity index is 1.95. The van der Waals surface area contributed by atoms with Crippen molar-refractivity contribution in [1.29, 1.82) is 0 Å².